The van der Waals surface area contributed by atoms with Gasteiger partial charge in [0.2, 0.25) is 10.0 Å². The third-order valence-electron chi connectivity index (χ3n) is 4.49. The lowest BCUT2D eigenvalue weighted by molar-refractivity contribution is 0.107. The molecule has 7 heteroatoms. The molecule has 1 aliphatic rings. The Morgan fingerprint density at radius 2 is 1.91 bits per heavy atom. The highest BCUT2D eigenvalue weighted by molar-refractivity contribution is 7.89. The van der Waals surface area contributed by atoms with Crippen molar-refractivity contribution in [1.29, 1.82) is 0 Å². The van der Waals surface area contributed by atoms with Crippen molar-refractivity contribution in [2.75, 3.05) is 39.3 Å². The van der Waals surface area contributed by atoms with Gasteiger partial charge in [0.25, 0.3) is 0 Å². The van der Waals surface area contributed by atoms with Crippen LogP contribution in [0.4, 0.5) is 4.39 Å². The van der Waals surface area contributed by atoms with E-state index in [1.165, 1.54) is 6.07 Å². The van der Waals surface area contributed by atoms with Crippen molar-refractivity contribution in [3.05, 3.63) is 29.6 Å². The molecule has 0 spiro atoms. The maximum absolute atomic E-state index is 14.0. The van der Waals surface area contributed by atoms with Gasteiger partial charge in [0.15, 0.2) is 0 Å². The Morgan fingerprint density at radius 3 is 2.52 bits per heavy atom. The van der Waals surface area contributed by atoms with E-state index in [0.717, 1.165) is 32.7 Å². The average molecular weight is 343 g/mol. The quantitative estimate of drug-likeness (QED) is 0.849. The maximum atomic E-state index is 14.0. The van der Waals surface area contributed by atoms with E-state index in [1.54, 1.807) is 19.1 Å². The third-order valence-corrected chi connectivity index (χ3v) is 5.93. The van der Waals surface area contributed by atoms with E-state index in [-0.39, 0.29) is 17.5 Å². The largest absolute Gasteiger partial charge is 0.301 e. The van der Waals surface area contributed by atoms with Crippen LogP contribution >= 0.6 is 0 Å². The van der Waals surface area contributed by atoms with Gasteiger partial charge in [-0.1, -0.05) is 19.1 Å². The number of nitrogens with one attached hydrogen (secondary N) is 1. The summed E-state index contributed by atoms with van der Waals surface area (Å²) in [4.78, 5) is 4.36. The molecule has 2 rings (SSSR count). The second-order valence-electron chi connectivity index (χ2n) is 6.06. The van der Waals surface area contributed by atoms with Crippen molar-refractivity contribution in [3.63, 3.8) is 0 Å². The van der Waals surface area contributed by atoms with Gasteiger partial charge < -0.3 is 4.90 Å². The minimum absolute atomic E-state index is 0.0802. The number of rotatable bonds is 6. The van der Waals surface area contributed by atoms with Crippen molar-refractivity contribution in [2.45, 2.75) is 31.7 Å². The number of hydrogen-bond donors (Lipinski definition) is 1. The number of nitrogens with zero attached hydrogens (tertiary/aromatic N) is 2. The highest BCUT2D eigenvalue weighted by Crippen LogP contribution is 2.17. The molecule has 1 atom stereocenters. The summed E-state index contributed by atoms with van der Waals surface area (Å²) in [6.07, 6.45) is 0. The van der Waals surface area contributed by atoms with Crippen molar-refractivity contribution in [2.24, 2.45) is 0 Å². The van der Waals surface area contributed by atoms with Crippen LogP contribution in [0.2, 0.25) is 0 Å². The molecule has 1 fully saturated rings. The van der Waals surface area contributed by atoms with Crippen LogP contribution < -0.4 is 4.72 Å². The first-order valence-corrected chi connectivity index (χ1v) is 9.54. The molecular weight excluding hydrogens is 317 g/mol. The Kier molecular flexibility index (Phi) is 6.13. The molecule has 0 radical (unpaired) electrons. The fourth-order valence-electron chi connectivity index (χ4n) is 2.79. The van der Waals surface area contributed by atoms with Crippen LogP contribution in [0.15, 0.2) is 23.1 Å². The fraction of sp³-hybridized carbons (Fsp3) is 0.625. The Balaban J connectivity index is 1.95. The predicted molar refractivity (Wildman–Crippen MR) is 89.5 cm³/mol. The lowest BCUT2D eigenvalue weighted by Gasteiger charge is -2.37. The van der Waals surface area contributed by atoms with E-state index in [1.807, 2.05) is 6.92 Å². The third kappa shape index (κ3) is 4.50. The molecule has 0 saturated carbocycles. The van der Waals surface area contributed by atoms with Crippen LogP contribution in [0, 0.1) is 12.7 Å². The first kappa shape index (κ1) is 18.3. The normalized spacial score (nSPS) is 19.0. The van der Waals surface area contributed by atoms with E-state index < -0.39 is 15.8 Å². The molecule has 1 saturated heterocycles. The number of sulfonamides is 1. The Labute approximate surface area is 138 Å². The van der Waals surface area contributed by atoms with Gasteiger partial charge in [0, 0.05) is 38.8 Å². The van der Waals surface area contributed by atoms with Crippen LogP contribution in [0.1, 0.15) is 19.4 Å². The molecule has 1 aromatic rings. The van der Waals surface area contributed by atoms with E-state index in [2.05, 4.69) is 21.4 Å². The summed E-state index contributed by atoms with van der Waals surface area (Å²) in [7, 11) is -3.82. The van der Waals surface area contributed by atoms with Gasteiger partial charge in [0.1, 0.15) is 10.7 Å². The second-order valence-corrected chi connectivity index (χ2v) is 7.79. The predicted octanol–water partition coefficient (Wildman–Crippen LogP) is 1.44. The Hall–Kier alpha value is -1.02. The molecule has 0 amide bonds. The zero-order valence-electron chi connectivity index (χ0n) is 14.0. The van der Waals surface area contributed by atoms with E-state index in [0.29, 0.717) is 5.56 Å². The molecule has 5 nitrogen and oxygen atoms in total. The average Bonchev–Trinajstić information content (AvgIpc) is 2.55. The molecule has 0 aromatic heterocycles. The number of aryl methyl sites for hydroxylation is 1. The zero-order chi connectivity index (χ0) is 17.0. The topological polar surface area (TPSA) is 52.6 Å². The summed E-state index contributed by atoms with van der Waals surface area (Å²) >= 11 is 0. The van der Waals surface area contributed by atoms with Crippen LogP contribution in [0.5, 0.6) is 0 Å². The van der Waals surface area contributed by atoms with Crippen LogP contribution in [-0.2, 0) is 10.0 Å². The second kappa shape index (κ2) is 7.70. The first-order chi connectivity index (χ1) is 10.8. The lowest BCUT2D eigenvalue weighted by atomic mass is 10.2. The van der Waals surface area contributed by atoms with Gasteiger partial charge in [-0.2, -0.15) is 0 Å². The van der Waals surface area contributed by atoms with Gasteiger partial charge in [0.05, 0.1) is 0 Å². The van der Waals surface area contributed by atoms with Gasteiger partial charge in [-0.05, 0) is 32.0 Å². The maximum Gasteiger partial charge on any atom is 0.243 e. The highest BCUT2D eigenvalue weighted by Gasteiger charge is 2.24. The van der Waals surface area contributed by atoms with E-state index in [9.17, 15) is 12.8 Å². The Bertz CT molecular complexity index is 628. The highest BCUT2D eigenvalue weighted by atomic mass is 32.2. The minimum Gasteiger partial charge on any atom is -0.301 e. The summed E-state index contributed by atoms with van der Waals surface area (Å²) in [5, 5.41) is 0. The van der Waals surface area contributed by atoms with Crippen LogP contribution in [0.3, 0.4) is 0 Å². The molecule has 0 aliphatic carbocycles. The van der Waals surface area contributed by atoms with E-state index in [4.69, 9.17) is 0 Å². The minimum atomic E-state index is -3.82. The van der Waals surface area contributed by atoms with Crippen LogP contribution in [0.25, 0.3) is 0 Å². The number of likely N-dealkylation sites (N-methyl/N-ethyl adjacent to an activating group) is 1. The number of benzene rings is 1. The molecule has 1 aliphatic heterocycles. The van der Waals surface area contributed by atoms with Crippen molar-refractivity contribution < 1.29 is 12.8 Å². The Morgan fingerprint density at radius 1 is 1.26 bits per heavy atom. The summed E-state index contributed by atoms with van der Waals surface area (Å²) in [5.74, 6) is -0.677. The standard InChI is InChI=1S/C16H26FN3O2S/c1-4-19-8-10-20(11-9-19)14(3)12-18-23(21,22)15-7-5-6-13(2)16(15)17/h5-7,14,18H,4,8-12H2,1-3H3/t14-/m0/s1. The molecular formula is C16H26FN3O2S. The summed E-state index contributed by atoms with van der Waals surface area (Å²) in [6, 6.07) is 4.50. The van der Waals surface area contributed by atoms with Crippen LogP contribution in [-0.4, -0.2) is 63.5 Å². The SMILES string of the molecule is CCN1CCN([C@@H](C)CNS(=O)(=O)c2cccc(C)c2F)CC1. The van der Waals surface area contributed by atoms with Gasteiger partial charge in [-0.3, -0.25) is 4.90 Å². The van der Waals surface area contributed by atoms with E-state index >= 15 is 0 Å². The smallest absolute Gasteiger partial charge is 0.243 e. The molecule has 23 heavy (non-hydrogen) atoms. The number of hydrogen-bond acceptors (Lipinski definition) is 4. The summed E-state index contributed by atoms with van der Waals surface area (Å²) in [6.45, 7) is 10.9. The van der Waals surface area contributed by atoms with Gasteiger partial charge >= 0.3 is 0 Å². The van der Waals surface area contributed by atoms with Crippen molar-refractivity contribution >= 4 is 10.0 Å². The molecule has 1 heterocycles. The summed E-state index contributed by atoms with van der Waals surface area (Å²) < 4.78 is 41.2. The first-order valence-electron chi connectivity index (χ1n) is 8.06. The van der Waals surface area contributed by atoms with Gasteiger partial charge in [-0.15, -0.1) is 0 Å². The molecule has 1 N–H and O–H groups in total. The summed E-state index contributed by atoms with van der Waals surface area (Å²) in [5.41, 5.74) is 0.330. The number of piperazine rings is 1. The number of halogens is 1. The molecule has 0 unspecified atom stereocenters. The van der Waals surface area contributed by atoms with Crippen molar-refractivity contribution in [1.82, 2.24) is 14.5 Å². The monoisotopic (exact) mass is 343 g/mol. The molecule has 130 valence electrons. The fourth-order valence-corrected chi connectivity index (χ4v) is 4.06. The van der Waals surface area contributed by atoms with Crippen molar-refractivity contribution in [3.8, 4) is 0 Å². The molecule has 0 bridgehead atoms. The lowest BCUT2D eigenvalue weighted by Crippen LogP contribution is -2.52. The molecule has 1 aromatic carbocycles. The van der Waals surface area contributed by atoms with Gasteiger partial charge in [-0.25, -0.2) is 17.5 Å². The zero-order valence-corrected chi connectivity index (χ0v) is 14.9.